The van der Waals surface area contributed by atoms with Crippen LogP contribution in [0.3, 0.4) is 0 Å². The molecule has 2 fully saturated rings. The van der Waals surface area contributed by atoms with Crippen LogP contribution in [0.5, 0.6) is 17.2 Å². The third-order valence-corrected chi connectivity index (χ3v) is 8.29. The summed E-state index contributed by atoms with van der Waals surface area (Å²) in [5.74, 6) is 1.22. The van der Waals surface area contributed by atoms with Crippen LogP contribution in [-0.4, -0.2) is 18.2 Å². The lowest BCUT2D eigenvalue weighted by Crippen LogP contribution is -2.56. The van der Waals surface area contributed by atoms with E-state index in [1.807, 2.05) is 0 Å². The summed E-state index contributed by atoms with van der Waals surface area (Å²) in [6.45, 7) is 0. The van der Waals surface area contributed by atoms with Crippen LogP contribution < -0.4 is 20.1 Å². The quantitative estimate of drug-likeness (QED) is 0.284. The van der Waals surface area contributed by atoms with Crippen LogP contribution in [-0.2, 0) is 5.00 Å². The van der Waals surface area contributed by atoms with Gasteiger partial charge in [-0.25, -0.2) is 4.79 Å². The number of halogens is 4. The van der Waals surface area contributed by atoms with E-state index in [2.05, 4.69) is 10.6 Å². The van der Waals surface area contributed by atoms with Gasteiger partial charge in [0.05, 0.1) is 0 Å². The first-order valence-electron chi connectivity index (χ1n) is 12.2. The van der Waals surface area contributed by atoms with Crippen LogP contribution in [0, 0.1) is 5.92 Å². The summed E-state index contributed by atoms with van der Waals surface area (Å²) in [5.41, 5.74) is 0. The van der Waals surface area contributed by atoms with Gasteiger partial charge in [0.2, 0.25) is 21.7 Å². The minimum Gasteiger partial charge on any atom is -0.478 e. The van der Waals surface area contributed by atoms with Crippen molar-refractivity contribution < 1.29 is 18.7 Å². The predicted molar refractivity (Wildman–Crippen MR) is 137 cm³/mol. The Morgan fingerprint density at radius 1 is 0.943 bits per heavy atom. The summed E-state index contributed by atoms with van der Waals surface area (Å²) in [5, 5.41) is 6.84. The zero-order valence-corrected chi connectivity index (χ0v) is 22.2. The molecule has 0 spiro atoms. The largest absolute Gasteiger partial charge is 0.478 e. The second kappa shape index (κ2) is 10.5. The van der Waals surface area contributed by atoms with Gasteiger partial charge in [-0.05, 0) is 61.4 Å². The van der Waals surface area contributed by atoms with E-state index in [-0.39, 0.29) is 40.5 Å². The molecule has 0 radical (unpaired) electrons. The van der Waals surface area contributed by atoms with Gasteiger partial charge in [-0.2, -0.15) is 0 Å². The van der Waals surface area contributed by atoms with Crippen molar-refractivity contribution in [2.24, 2.45) is 5.92 Å². The molecule has 1 aliphatic heterocycles. The summed E-state index contributed by atoms with van der Waals surface area (Å²) in [7, 11) is 0. The molecule has 35 heavy (non-hydrogen) atoms. The highest BCUT2D eigenvalue weighted by Crippen LogP contribution is 2.57. The van der Waals surface area contributed by atoms with E-state index in [9.17, 15) is 4.79 Å². The van der Waals surface area contributed by atoms with Crippen molar-refractivity contribution in [1.82, 2.24) is 10.6 Å². The number of ether oxygens (including phenoxy) is 2. The summed E-state index contributed by atoms with van der Waals surface area (Å²) in [4.78, 5) is 11.6. The molecule has 2 aliphatic carbocycles. The number of alkyl halides is 1. The maximum atomic E-state index is 13.1. The Morgan fingerprint density at radius 2 is 1.57 bits per heavy atom. The highest BCUT2D eigenvalue weighted by molar-refractivity contribution is 6.35. The molecule has 2 aromatic rings. The summed E-state index contributed by atoms with van der Waals surface area (Å²) < 4.78 is 18.3. The number of rotatable bonds is 5. The second-order valence-corrected chi connectivity index (χ2v) is 11.5. The molecule has 1 aromatic heterocycles. The average molecular weight is 562 g/mol. The minimum atomic E-state index is -1.42. The fraction of sp³-hybridized carbons (Fsp3) is 0.560. The van der Waals surface area contributed by atoms with Gasteiger partial charge in [0, 0.05) is 16.1 Å². The molecule has 3 aliphatic rings. The maximum absolute atomic E-state index is 13.1. The standard InChI is InChI=1S/C25H28Cl4N2O4/c26-15-11-16(27)13-18(12-15)33-20-19-22(35-23(20)28)25(29,21(34-19)14-7-3-1-4-8-14)31-24(32)30-17-9-5-2-6-10-17/h11-14,17,21H,1-10H2,(H2,30,31,32)/t21?,25-/m1/s1. The van der Waals surface area contributed by atoms with Crippen molar-refractivity contribution in [3.05, 3.63) is 39.2 Å². The fourth-order valence-electron chi connectivity index (χ4n) is 5.47. The molecule has 2 heterocycles. The average Bonchev–Trinajstić information content (AvgIpc) is 3.27. The number of hydrogen-bond acceptors (Lipinski definition) is 4. The Bertz CT molecular complexity index is 1060. The second-order valence-electron chi connectivity index (χ2n) is 9.65. The lowest BCUT2D eigenvalue weighted by molar-refractivity contribution is 0.0782. The van der Waals surface area contributed by atoms with Gasteiger partial charge >= 0.3 is 6.03 Å². The molecular formula is C25H28Cl4N2O4. The van der Waals surface area contributed by atoms with Crippen molar-refractivity contribution >= 4 is 52.4 Å². The van der Waals surface area contributed by atoms with Crippen LogP contribution >= 0.6 is 46.4 Å². The van der Waals surface area contributed by atoms with Crippen LogP contribution in [0.4, 0.5) is 4.79 Å². The number of nitrogens with one attached hydrogen (secondary N) is 2. The number of fused-ring (bicyclic) bond motifs is 1. The maximum Gasteiger partial charge on any atom is 0.316 e. The van der Waals surface area contributed by atoms with E-state index in [1.165, 1.54) is 12.8 Å². The van der Waals surface area contributed by atoms with Crippen LogP contribution in [0.2, 0.25) is 15.3 Å². The molecule has 190 valence electrons. The lowest BCUT2D eigenvalue weighted by atomic mass is 9.82. The Morgan fingerprint density at radius 3 is 2.23 bits per heavy atom. The number of benzene rings is 1. The molecule has 5 rings (SSSR count). The molecule has 6 nitrogen and oxygen atoms in total. The summed E-state index contributed by atoms with van der Waals surface area (Å²) >= 11 is 25.9. The van der Waals surface area contributed by atoms with Crippen molar-refractivity contribution in [3.8, 4) is 17.2 Å². The first-order chi connectivity index (χ1) is 16.8. The number of urea groups is 1. The van der Waals surface area contributed by atoms with E-state index in [0.717, 1.165) is 51.4 Å². The minimum absolute atomic E-state index is 0.0345. The normalized spacial score (nSPS) is 25.1. The van der Waals surface area contributed by atoms with Gasteiger partial charge in [-0.15, -0.1) is 0 Å². The van der Waals surface area contributed by atoms with Gasteiger partial charge in [0.15, 0.2) is 5.76 Å². The number of carbonyl (C=O) groups excluding carboxylic acids is 1. The van der Waals surface area contributed by atoms with Gasteiger partial charge in [-0.3, -0.25) is 0 Å². The van der Waals surface area contributed by atoms with E-state index >= 15 is 0 Å². The summed E-state index contributed by atoms with van der Waals surface area (Å²) in [6, 6.07) is 4.61. The van der Waals surface area contributed by atoms with Crippen LogP contribution in [0.15, 0.2) is 22.6 Å². The van der Waals surface area contributed by atoms with Gasteiger partial charge < -0.3 is 24.5 Å². The molecule has 10 heteroatoms. The molecule has 1 unspecified atom stereocenters. The van der Waals surface area contributed by atoms with Crippen molar-refractivity contribution in [1.29, 1.82) is 0 Å². The molecule has 2 N–H and O–H groups in total. The van der Waals surface area contributed by atoms with E-state index in [4.69, 9.17) is 60.3 Å². The molecule has 0 bridgehead atoms. The highest BCUT2D eigenvalue weighted by Gasteiger charge is 2.57. The van der Waals surface area contributed by atoms with Crippen molar-refractivity contribution in [2.45, 2.75) is 81.4 Å². The van der Waals surface area contributed by atoms with Crippen LogP contribution in [0.25, 0.3) is 0 Å². The molecule has 1 aromatic carbocycles. The van der Waals surface area contributed by atoms with E-state index < -0.39 is 11.1 Å². The predicted octanol–water partition coefficient (Wildman–Crippen LogP) is 8.40. The van der Waals surface area contributed by atoms with E-state index in [1.54, 1.807) is 18.2 Å². The SMILES string of the molecule is O=C(NC1CCCCC1)N[C@@]1(Cl)c2oc(Cl)c(Oc3cc(Cl)cc(Cl)c3)c2OC1C1CCCCC1. The number of amides is 2. The zero-order valence-electron chi connectivity index (χ0n) is 19.2. The third kappa shape index (κ3) is 5.31. The van der Waals surface area contributed by atoms with Crippen LogP contribution in [0.1, 0.15) is 70.0 Å². The summed E-state index contributed by atoms with van der Waals surface area (Å²) in [6.07, 6.45) is 10.0. The topological polar surface area (TPSA) is 72.7 Å². The van der Waals surface area contributed by atoms with Gasteiger partial charge in [0.25, 0.3) is 0 Å². The number of carbonyl (C=O) groups is 1. The third-order valence-electron chi connectivity index (χ3n) is 7.12. The highest BCUT2D eigenvalue weighted by atomic mass is 35.5. The first kappa shape index (κ1) is 25.2. The smallest absolute Gasteiger partial charge is 0.316 e. The molecular weight excluding hydrogens is 534 g/mol. The molecule has 0 saturated heterocycles. The van der Waals surface area contributed by atoms with E-state index in [0.29, 0.717) is 15.8 Å². The molecule has 2 saturated carbocycles. The zero-order chi connectivity index (χ0) is 24.6. The van der Waals surface area contributed by atoms with Gasteiger partial charge in [0.1, 0.15) is 11.9 Å². The van der Waals surface area contributed by atoms with Gasteiger partial charge in [-0.1, -0.05) is 73.3 Å². The molecule has 2 amide bonds. The Balaban J connectivity index is 1.44. The van der Waals surface area contributed by atoms with Crippen molar-refractivity contribution in [3.63, 3.8) is 0 Å². The molecule has 2 atom stereocenters. The number of furan rings is 1. The first-order valence-corrected chi connectivity index (χ1v) is 13.8. The number of hydrogen-bond donors (Lipinski definition) is 2. The Labute approximate surface area is 224 Å². The lowest BCUT2D eigenvalue weighted by Gasteiger charge is -2.35. The Hall–Kier alpha value is -1.47. The van der Waals surface area contributed by atoms with Crippen molar-refractivity contribution in [2.75, 3.05) is 0 Å². The monoisotopic (exact) mass is 560 g/mol. The Kier molecular flexibility index (Phi) is 7.55. The fourth-order valence-corrected chi connectivity index (χ4v) is 6.61.